The number of hydrogen-bond donors (Lipinski definition) is 6. The summed E-state index contributed by atoms with van der Waals surface area (Å²) in [4.78, 5) is 11.2. The summed E-state index contributed by atoms with van der Waals surface area (Å²) in [5.74, 6) is -1.18. The van der Waals surface area contributed by atoms with E-state index >= 15 is 0 Å². The molecular weight excluding hydrogens is 424 g/mol. The van der Waals surface area contributed by atoms with Crippen molar-refractivity contribution in [1.29, 1.82) is 0 Å². The highest BCUT2D eigenvalue weighted by molar-refractivity contribution is 5.76. The van der Waals surface area contributed by atoms with Crippen LogP contribution in [-0.2, 0) is 14.3 Å². The van der Waals surface area contributed by atoms with Crippen LogP contribution in [0, 0.1) is 0 Å². The molecule has 10 heteroatoms. The van der Waals surface area contributed by atoms with Gasteiger partial charge >= 0.3 is 0 Å². The molecule has 5 atom stereocenters. The summed E-state index contributed by atoms with van der Waals surface area (Å²) >= 11 is 0. The van der Waals surface area contributed by atoms with Gasteiger partial charge in [-0.3, -0.25) is 4.79 Å². The third-order valence-corrected chi connectivity index (χ3v) is 4.64. The standard InChI is InChI=1S/C22H24O10/c1-11(23)10-30-21-18(28)17(27)19(29)22(32-21)31-20-13(8-15(25)9-16(20)26)5-2-12-3-6-14(24)7-4-12/h2-9,17-19,21-22,24-29H,10H2,1H3/b5-2-/t17-,18-,19+,21-,22+/m0/s1. The highest BCUT2D eigenvalue weighted by Crippen LogP contribution is 2.38. The molecule has 0 amide bonds. The van der Waals surface area contributed by atoms with E-state index in [0.717, 1.165) is 6.07 Å². The molecule has 1 aliphatic heterocycles. The Kier molecular flexibility index (Phi) is 7.33. The number of phenolic OH excluding ortho intramolecular Hbond substituents is 3. The average Bonchev–Trinajstić information content (AvgIpc) is 2.74. The van der Waals surface area contributed by atoms with Crippen molar-refractivity contribution < 1.29 is 49.6 Å². The highest BCUT2D eigenvalue weighted by Gasteiger charge is 2.46. The Hall–Kier alpha value is -3.15. The number of hydrogen-bond acceptors (Lipinski definition) is 10. The van der Waals surface area contributed by atoms with Gasteiger partial charge in [-0.2, -0.15) is 0 Å². The molecule has 6 N–H and O–H groups in total. The van der Waals surface area contributed by atoms with Crippen molar-refractivity contribution in [1.82, 2.24) is 0 Å². The van der Waals surface area contributed by atoms with Crippen molar-refractivity contribution in [3.63, 3.8) is 0 Å². The first-order chi connectivity index (χ1) is 15.2. The summed E-state index contributed by atoms with van der Waals surface area (Å²) in [5.41, 5.74) is 0.898. The fourth-order valence-electron chi connectivity index (χ4n) is 3.01. The number of phenols is 3. The zero-order valence-electron chi connectivity index (χ0n) is 17.0. The largest absolute Gasteiger partial charge is 0.508 e. The van der Waals surface area contributed by atoms with E-state index in [9.17, 15) is 35.4 Å². The number of carbonyl (C=O) groups excluding carboxylic acids is 1. The molecule has 0 unspecified atom stereocenters. The molecule has 0 bridgehead atoms. The Morgan fingerprint density at radius 2 is 1.59 bits per heavy atom. The van der Waals surface area contributed by atoms with Crippen LogP contribution in [0.5, 0.6) is 23.0 Å². The van der Waals surface area contributed by atoms with Gasteiger partial charge in [0.1, 0.15) is 36.4 Å². The predicted octanol–water partition coefficient (Wildman–Crippen LogP) is 0.723. The van der Waals surface area contributed by atoms with E-state index in [1.165, 1.54) is 31.2 Å². The zero-order chi connectivity index (χ0) is 23.4. The first-order valence-corrected chi connectivity index (χ1v) is 9.66. The lowest BCUT2D eigenvalue weighted by molar-refractivity contribution is -0.331. The fourth-order valence-corrected chi connectivity index (χ4v) is 3.01. The lowest BCUT2D eigenvalue weighted by Crippen LogP contribution is -2.60. The second-order valence-corrected chi connectivity index (χ2v) is 7.28. The van der Waals surface area contributed by atoms with Crippen molar-refractivity contribution in [2.45, 2.75) is 37.8 Å². The van der Waals surface area contributed by atoms with Crippen LogP contribution in [-0.4, -0.2) is 73.9 Å². The van der Waals surface area contributed by atoms with E-state index in [1.54, 1.807) is 18.2 Å². The molecule has 32 heavy (non-hydrogen) atoms. The minimum Gasteiger partial charge on any atom is -0.508 e. The van der Waals surface area contributed by atoms with Gasteiger partial charge in [-0.25, -0.2) is 0 Å². The maximum atomic E-state index is 11.2. The smallest absolute Gasteiger partial charge is 0.231 e. The quantitative estimate of drug-likeness (QED) is 0.332. The molecule has 0 aliphatic carbocycles. The van der Waals surface area contributed by atoms with E-state index in [4.69, 9.17) is 14.2 Å². The van der Waals surface area contributed by atoms with E-state index in [1.807, 2.05) is 0 Å². The summed E-state index contributed by atoms with van der Waals surface area (Å²) < 4.78 is 16.1. The van der Waals surface area contributed by atoms with Crippen LogP contribution in [0.3, 0.4) is 0 Å². The van der Waals surface area contributed by atoms with Gasteiger partial charge in [0.05, 0.1) is 0 Å². The average molecular weight is 448 g/mol. The number of aliphatic hydroxyl groups excluding tert-OH is 3. The summed E-state index contributed by atoms with van der Waals surface area (Å²) in [6, 6.07) is 8.54. The maximum absolute atomic E-state index is 11.2. The van der Waals surface area contributed by atoms with Crippen LogP contribution in [0.2, 0.25) is 0 Å². The normalized spacial score (nSPS) is 25.7. The van der Waals surface area contributed by atoms with Crippen LogP contribution in [0.25, 0.3) is 12.2 Å². The number of carbonyl (C=O) groups is 1. The lowest BCUT2D eigenvalue weighted by atomic mass is 10.0. The number of aliphatic hydroxyl groups is 3. The Morgan fingerprint density at radius 1 is 0.938 bits per heavy atom. The van der Waals surface area contributed by atoms with Crippen molar-refractivity contribution in [2.75, 3.05) is 6.61 Å². The monoisotopic (exact) mass is 448 g/mol. The van der Waals surface area contributed by atoms with Crippen LogP contribution in [0.15, 0.2) is 36.4 Å². The molecule has 0 radical (unpaired) electrons. The van der Waals surface area contributed by atoms with Gasteiger partial charge < -0.3 is 44.8 Å². The molecule has 0 saturated carbocycles. The maximum Gasteiger partial charge on any atom is 0.231 e. The first kappa shape index (κ1) is 23.5. The molecule has 172 valence electrons. The third kappa shape index (κ3) is 5.55. The molecule has 3 rings (SSSR count). The molecule has 1 fully saturated rings. The van der Waals surface area contributed by atoms with Gasteiger partial charge in [-0.05, 0) is 30.7 Å². The van der Waals surface area contributed by atoms with Crippen LogP contribution < -0.4 is 4.74 Å². The lowest BCUT2D eigenvalue weighted by Gasteiger charge is -2.39. The molecule has 1 aliphatic rings. The van der Waals surface area contributed by atoms with Gasteiger partial charge in [0, 0.05) is 11.6 Å². The molecule has 2 aromatic rings. The molecule has 10 nitrogen and oxygen atoms in total. The third-order valence-electron chi connectivity index (χ3n) is 4.64. The van der Waals surface area contributed by atoms with E-state index in [2.05, 4.69) is 0 Å². The molecule has 0 spiro atoms. The van der Waals surface area contributed by atoms with Gasteiger partial charge in [0.2, 0.25) is 6.29 Å². The van der Waals surface area contributed by atoms with Gasteiger partial charge in [-0.1, -0.05) is 24.3 Å². The second kappa shape index (κ2) is 9.98. The van der Waals surface area contributed by atoms with Gasteiger partial charge in [-0.15, -0.1) is 0 Å². The number of aromatic hydroxyl groups is 3. The number of ketones is 1. The van der Waals surface area contributed by atoms with Crippen LogP contribution in [0.4, 0.5) is 0 Å². The Balaban J connectivity index is 1.86. The topological polar surface area (TPSA) is 166 Å². The number of Topliss-reactive ketones (excluding diaryl/α,β-unsaturated/α-hetero) is 1. The highest BCUT2D eigenvalue weighted by atomic mass is 16.8. The summed E-state index contributed by atoms with van der Waals surface area (Å²) in [7, 11) is 0. The number of benzene rings is 2. The van der Waals surface area contributed by atoms with Crippen LogP contribution in [0.1, 0.15) is 18.1 Å². The summed E-state index contributed by atoms with van der Waals surface area (Å²) in [5, 5.41) is 60.0. The van der Waals surface area contributed by atoms with Crippen molar-refractivity contribution >= 4 is 17.9 Å². The Labute approximate surface area is 183 Å². The van der Waals surface area contributed by atoms with Crippen molar-refractivity contribution in [2.24, 2.45) is 0 Å². The Bertz CT molecular complexity index is 971. The number of ether oxygens (including phenoxy) is 3. The first-order valence-electron chi connectivity index (χ1n) is 9.66. The molecule has 0 aromatic heterocycles. The SMILES string of the molecule is CC(=O)CO[C@H]1O[C@@H](Oc2c(O)cc(O)cc2/C=C\c2ccc(O)cc2)[C@H](O)[C@@H](O)[C@@H]1O. The molecular formula is C22H24O10. The van der Waals surface area contributed by atoms with Crippen molar-refractivity contribution in [3.8, 4) is 23.0 Å². The van der Waals surface area contributed by atoms with E-state index in [0.29, 0.717) is 5.56 Å². The van der Waals surface area contributed by atoms with Gasteiger partial charge in [0.15, 0.2) is 23.6 Å². The molecule has 1 saturated heterocycles. The van der Waals surface area contributed by atoms with Crippen molar-refractivity contribution in [3.05, 3.63) is 47.5 Å². The van der Waals surface area contributed by atoms with E-state index in [-0.39, 0.29) is 28.6 Å². The molecule has 2 aromatic carbocycles. The second-order valence-electron chi connectivity index (χ2n) is 7.28. The van der Waals surface area contributed by atoms with Crippen LogP contribution >= 0.6 is 0 Å². The predicted molar refractivity (Wildman–Crippen MR) is 111 cm³/mol. The van der Waals surface area contributed by atoms with Gasteiger partial charge in [0.25, 0.3) is 0 Å². The number of rotatable bonds is 7. The fraction of sp³-hybridized carbons (Fsp3) is 0.318. The van der Waals surface area contributed by atoms with E-state index < -0.39 is 43.2 Å². The Morgan fingerprint density at radius 3 is 2.25 bits per heavy atom. The molecule has 1 heterocycles. The summed E-state index contributed by atoms with van der Waals surface area (Å²) in [6.45, 7) is 0.859. The minimum absolute atomic E-state index is 0.0897. The zero-order valence-corrected chi connectivity index (χ0v) is 17.0. The minimum atomic E-state index is -1.72. The summed E-state index contributed by atoms with van der Waals surface area (Å²) in [6.07, 6.45) is -5.02.